The molecule has 1 N–H and O–H groups in total. The molecule has 2 atom stereocenters. The number of thioether (sulfide) groups is 1. The third-order valence-electron chi connectivity index (χ3n) is 3.19. The summed E-state index contributed by atoms with van der Waals surface area (Å²) in [6.45, 7) is 0. The Balaban J connectivity index is 1.79. The Bertz CT molecular complexity index is 478. The zero-order chi connectivity index (χ0) is 11.7. The van der Waals surface area contributed by atoms with Gasteiger partial charge in [0.25, 0.3) is 0 Å². The van der Waals surface area contributed by atoms with Gasteiger partial charge in [-0.2, -0.15) is 0 Å². The standard InChI is InChI=1S/C13H15NOS2/c15-10-6-2-4-8-12(10)17-13-14-9-5-1-3-7-11(9)16-13/h1,3,5,7,10,12,15H,2,4,6,8H2/t10-,12+/m1/s1. The van der Waals surface area contributed by atoms with Crippen LogP contribution in [0.15, 0.2) is 28.6 Å². The largest absolute Gasteiger partial charge is 0.392 e. The van der Waals surface area contributed by atoms with Crippen LogP contribution >= 0.6 is 23.1 Å². The van der Waals surface area contributed by atoms with Gasteiger partial charge < -0.3 is 5.11 Å². The van der Waals surface area contributed by atoms with Gasteiger partial charge in [0.05, 0.1) is 16.3 Å². The highest BCUT2D eigenvalue weighted by atomic mass is 32.2. The van der Waals surface area contributed by atoms with E-state index in [4.69, 9.17) is 0 Å². The number of aromatic nitrogens is 1. The maximum absolute atomic E-state index is 9.96. The molecule has 0 amide bonds. The van der Waals surface area contributed by atoms with E-state index in [0.717, 1.165) is 29.1 Å². The summed E-state index contributed by atoms with van der Waals surface area (Å²) >= 11 is 3.49. The second-order valence-corrected chi connectivity index (χ2v) is 6.97. The molecule has 1 saturated carbocycles. The number of rotatable bonds is 2. The number of thiazole rings is 1. The molecular formula is C13H15NOS2. The number of aliphatic hydroxyl groups excluding tert-OH is 1. The van der Waals surface area contributed by atoms with Gasteiger partial charge in [0.1, 0.15) is 0 Å². The van der Waals surface area contributed by atoms with Gasteiger partial charge in [-0.1, -0.05) is 36.7 Å². The van der Waals surface area contributed by atoms with E-state index in [1.165, 1.54) is 11.1 Å². The molecule has 2 aromatic rings. The first-order valence-electron chi connectivity index (χ1n) is 6.03. The molecule has 1 aliphatic carbocycles. The summed E-state index contributed by atoms with van der Waals surface area (Å²) in [5, 5.41) is 10.3. The van der Waals surface area contributed by atoms with E-state index in [1.54, 1.807) is 23.1 Å². The van der Waals surface area contributed by atoms with Gasteiger partial charge in [0.2, 0.25) is 0 Å². The van der Waals surface area contributed by atoms with Crippen LogP contribution in [0.25, 0.3) is 10.2 Å². The molecule has 1 aliphatic rings. The topological polar surface area (TPSA) is 33.1 Å². The summed E-state index contributed by atoms with van der Waals surface area (Å²) in [4.78, 5) is 4.61. The SMILES string of the molecule is O[C@@H]1CCCC[C@@H]1Sc1nc2ccccc2s1. The van der Waals surface area contributed by atoms with Crippen molar-refractivity contribution in [1.29, 1.82) is 0 Å². The van der Waals surface area contributed by atoms with Crippen LogP contribution in [0.3, 0.4) is 0 Å². The number of benzene rings is 1. The average Bonchev–Trinajstić information content (AvgIpc) is 2.74. The Hall–Kier alpha value is -0.580. The normalized spacial score (nSPS) is 25.2. The molecule has 0 radical (unpaired) electrons. The maximum atomic E-state index is 9.96. The van der Waals surface area contributed by atoms with Crippen LogP contribution in [0.2, 0.25) is 0 Å². The summed E-state index contributed by atoms with van der Waals surface area (Å²) in [6, 6.07) is 8.22. The molecular weight excluding hydrogens is 250 g/mol. The fourth-order valence-corrected chi connectivity index (χ4v) is 4.76. The second kappa shape index (κ2) is 4.96. The quantitative estimate of drug-likeness (QED) is 0.899. The van der Waals surface area contributed by atoms with Crippen molar-refractivity contribution in [3.8, 4) is 0 Å². The molecule has 1 heterocycles. The fraction of sp³-hybridized carbons (Fsp3) is 0.462. The Morgan fingerprint density at radius 3 is 2.88 bits per heavy atom. The molecule has 2 nitrogen and oxygen atoms in total. The summed E-state index contributed by atoms with van der Waals surface area (Å²) in [5.74, 6) is 0. The van der Waals surface area contributed by atoms with Crippen LogP contribution in [0.5, 0.6) is 0 Å². The highest BCUT2D eigenvalue weighted by Crippen LogP contribution is 2.37. The van der Waals surface area contributed by atoms with Gasteiger partial charge in [0.15, 0.2) is 4.34 Å². The third kappa shape index (κ3) is 2.49. The van der Waals surface area contributed by atoms with Crippen LogP contribution in [0, 0.1) is 0 Å². The Morgan fingerprint density at radius 1 is 1.24 bits per heavy atom. The minimum Gasteiger partial charge on any atom is -0.392 e. The van der Waals surface area contributed by atoms with E-state index in [2.05, 4.69) is 11.1 Å². The van der Waals surface area contributed by atoms with E-state index in [-0.39, 0.29) is 6.10 Å². The first-order valence-corrected chi connectivity index (χ1v) is 7.73. The molecule has 0 spiro atoms. The van der Waals surface area contributed by atoms with Crippen LogP contribution in [-0.2, 0) is 0 Å². The van der Waals surface area contributed by atoms with Gasteiger partial charge in [-0.3, -0.25) is 0 Å². The van der Waals surface area contributed by atoms with E-state index >= 15 is 0 Å². The summed E-state index contributed by atoms with van der Waals surface area (Å²) in [7, 11) is 0. The molecule has 0 aliphatic heterocycles. The lowest BCUT2D eigenvalue weighted by Crippen LogP contribution is -2.26. The van der Waals surface area contributed by atoms with Gasteiger partial charge in [0, 0.05) is 5.25 Å². The van der Waals surface area contributed by atoms with Crippen molar-refractivity contribution < 1.29 is 5.11 Å². The summed E-state index contributed by atoms with van der Waals surface area (Å²) in [6.07, 6.45) is 4.31. The molecule has 4 heteroatoms. The lowest BCUT2D eigenvalue weighted by atomic mass is 9.97. The molecule has 1 aromatic heterocycles. The second-order valence-electron chi connectivity index (χ2n) is 4.46. The van der Waals surface area contributed by atoms with E-state index in [9.17, 15) is 5.11 Å². The minimum atomic E-state index is -0.152. The van der Waals surface area contributed by atoms with Gasteiger partial charge in [-0.05, 0) is 25.0 Å². The zero-order valence-electron chi connectivity index (χ0n) is 9.50. The average molecular weight is 265 g/mol. The first kappa shape index (κ1) is 11.5. The van der Waals surface area contributed by atoms with Crippen molar-refractivity contribution >= 4 is 33.3 Å². The lowest BCUT2D eigenvalue weighted by Gasteiger charge is -2.25. The van der Waals surface area contributed by atoms with Crippen LogP contribution < -0.4 is 0 Å². The van der Waals surface area contributed by atoms with E-state index in [1.807, 2.05) is 18.2 Å². The fourth-order valence-electron chi connectivity index (χ4n) is 2.25. The van der Waals surface area contributed by atoms with Crippen molar-refractivity contribution in [3.05, 3.63) is 24.3 Å². The van der Waals surface area contributed by atoms with Gasteiger partial charge in [-0.15, -0.1) is 11.3 Å². The first-order chi connectivity index (χ1) is 8.33. The predicted octanol–water partition coefficient (Wildman–Crippen LogP) is 3.69. The molecule has 17 heavy (non-hydrogen) atoms. The van der Waals surface area contributed by atoms with Gasteiger partial charge >= 0.3 is 0 Å². The summed E-state index contributed by atoms with van der Waals surface area (Å²) < 4.78 is 2.33. The van der Waals surface area contributed by atoms with Crippen molar-refractivity contribution in [3.63, 3.8) is 0 Å². The lowest BCUT2D eigenvalue weighted by molar-refractivity contribution is 0.137. The van der Waals surface area contributed by atoms with E-state index in [0.29, 0.717) is 5.25 Å². The van der Waals surface area contributed by atoms with Crippen LogP contribution in [-0.4, -0.2) is 21.4 Å². The molecule has 90 valence electrons. The van der Waals surface area contributed by atoms with Crippen molar-refractivity contribution in [2.24, 2.45) is 0 Å². The van der Waals surface area contributed by atoms with Crippen LogP contribution in [0.4, 0.5) is 0 Å². The summed E-state index contributed by atoms with van der Waals surface area (Å²) in [5.41, 5.74) is 1.07. The third-order valence-corrected chi connectivity index (χ3v) is 5.71. The highest BCUT2D eigenvalue weighted by molar-refractivity contribution is 8.01. The number of hydrogen-bond donors (Lipinski definition) is 1. The van der Waals surface area contributed by atoms with Crippen molar-refractivity contribution in [2.45, 2.75) is 41.4 Å². The predicted molar refractivity (Wildman–Crippen MR) is 73.7 cm³/mol. The Kier molecular flexibility index (Phi) is 3.36. The van der Waals surface area contributed by atoms with Crippen LogP contribution in [0.1, 0.15) is 25.7 Å². The highest BCUT2D eigenvalue weighted by Gasteiger charge is 2.25. The molecule has 1 aromatic carbocycles. The molecule has 0 bridgehead atoms. The van der Waals surface area contributed by atoms with Gasteiger partial charge in [-0.25, -0.2) is 4.98 Å². The van der Waals surface area contributed by atoms with Crippen molar-refractivity contribution in [1.82, 2.24) is 4.98 Å². The number of nitrogens with zero attached hydrogens (tertiary/aromatic N) is 1. The number of aliphatic hydroxyl groups is 1. The minimum absolute atomic E-state index is 0.152. The molecule has 3 rings (SSSR count). The molecule has 0 saturated heterocycles. The van der Waals surface area contributed by atoms with E-state index < -0.39 is 0 Å². The molecule has 1 fully saturated rings. The smallest absolute Gasteiger partial charge is 0.151 e. The monoisotopic (exact) mass is 265 g/mol. The Morgan fingerprint density at radius 2 is 2.06 bits per heavy atom. The Labute approximate surface area is 109 Å². The number of hydrogen-bond acceptors (Lipinski definition) is 4. The zero-order valence-corrected chi connectivity index (χ0v) is 11.1. The van der Waals surface area contributed by atoms with Crippen molar-refractivity contribution in [2.75, 3.05) is 0 Å². The number of para-hydroxylation sites is 1. The molecule has 0 unspecified atom stereocenters. The number of fused-ring (bicyclic) bond motifs is 1. The maximum Gasteiger partial charge on any atom is 0.151 e.